The first-order chi connectivity index (χ1) is 10.7. The first-order valence-corrected chi connectivity index (χ1v) is 8.20. The number of benzene rings is 2. The van der Waals surface area contributed by atoms with E-state index in [-0.39, 0.29) is 12.4 Å². The van der Waals surface area contributed by atoms with Gasteiger partial charge in [0.05, 0.1) is 18.7 Å². The number of hydrogen-bond acceptors (Lipinski definition) is 3. The van der Waals surface area contributed by atoms with Crippen LogP contribution in [0.1, 0.15) is 16.7 Å². The van der Waals surface area contributed by atoms with Crippen molar-refractivity contribution in [3.8, 4) is 11.5 Å². The monoisotopic (exact) mass is 397 g/mol. The van der Waals surface area contributed by atoms with Crippen LogP contribution in [0.4, 0.5) is 0 Å². The maximum Gasteiger partial charge on any atom is 0.136 e. The molecule has 0 saturated carbocycles. The van der Waals surface area contributed by atoms with Crippen LogP contribution < -0.4 is 9.47 Å². The van der Waals surface area contributed by atoms with Gasteiger partial charge in [-0.3, -0.25) is 4.90 Å². The van der Waals surface area contributed by atoms with Gasteiger partial charge in [0.15, 0.2) is 0 Å². The van der Waals surface area contributed by atoms with E-state index in [1.807, 2.05) is 6.07 Å². The Labute approximate surface area is 152 Å². The lowest BCUT2D eigenvalue weighted by Crippen LogP contribution is -2.30. The molecule has 0 amide bonds. The third-order valence-corrected chi connectivity index (χ3v) is 4.78. The quantitative estimate of drug-likeness (QED) is 0.759. The van der Waals surface area contributed by atoms with Gasteiger partial charge < -0.3 is 9.47 Å². The van der Waals surface area contributed by atoms with Crippen molar-refractivity contribution in [2.75, 3.05) is 20.8 Å². The molecule has 0 saturated heterocycles. The minimum atomic E-state index is 0. The number of nitrogens with zero attached hydrogens (tertiary/aromatic N) is 1. The largest absolute Gasteiger partial charge is 0.496 e. The molecule has 3 rings (SSSR count). The molecule has 0 unspecified atom stereocenters. The van der Waals surface area contributed by atoms with Gasteiger partial charge >= 0.3 is 0 Å². The number of fused-ring (bicyclic) bond motifs is 1. The average molecular weight is 399 g/mol. The van der Waals surface area contributed by atoms with E-state index in [1.165, 1.54) is 16.7 Å². The van der Waals surface area contributed by atoms with Gasteiger partial charge in [0.2, 0.25) is 0 Å². The Balaban J connectivity index is 0.00000192. The predicted octanol–water partition coefficient (Wildman–Crippen LogP) is 4.45. The molecule has 0 bridgehead atoms. The molecule has 0 aliphatic carbocycles. The molecule has 3 nitrogen and oxygen atoms in total. The van der Waals surface area contributed by atoms with Gasteiger partial charge in [-0.25, -0.2) is 0 Å². The molecule has 1 aliphatic rings. The summed E-state index contributed by atoms with van der Waals surface area (Å²) >= 11 is 3.56. The summed E-state index contributed by atoms with van der Waals surface area (Å²) in [5.74, 6) is 1.67. The van der Waals surface area contributed by atoms with Crippen LogP contribution >= 0.6 is 28.3 Å². The maximum absolute atomic E-state index is 5.53. The highest BCUT2D eigenvalue weighted by Crippen LogP contribution is 2.34. The van der Waals surface area contributed by atoms with Gasteiger partial charge in [0.1, 0.15) is 11.5 Å². The zero-order valence-corrected chi connectivity index (χ0v) is 15.7. The average Bonchev–Trinajstić information content (AvgIpc) is 2.55. The fourth-order valence-electron chi connectivity index (χ4n) is 2.98. The van der Waals surface area contributed by atoms with E-state index >= 15 is 0 Å². The first kappa shape index (κ1) is 18.1. The Morgan fingerprint density at radius 3 is 2.43 bits per heavy atom. The molecule has 0 radical (unpaired) electrons. The van der Waals surface area contributed by atoms with Crippen LogP contribution in [0, 0.1) is 0 Å². The lowest BCUT2D eigenvalue weighted by atomic mass is 9.99. The second kappa shape index (κ2) is 8.04. The van der Waals surface area contributed by atoms with Gasteiger partial charge in [-0.15, -0.1) is 12.4 Å². The van der Waals surface area contributed by atoms with Crippen LogP contribution in [0.15, 0.2) is 40.9 Å². The summed E-state index contributed by atoms with van der Waals surface area (Å²) in [6.07, 6.45) is 1.11. The summed E-state index contributed by atoms with van der Waals surface area (Å²) in [7, 11) is 3.37. The highest BCUT2D eigenvalue weighted by molar-refractivity contribution is 9.10. The summed E-state index contributed by atoms with van der Waals surface area (Å²) in [5.41, 5.74) is 4.08. The van der Waals surface area contributed by atoms with Gasteiger partial charge in [0.25, 0.3) is 0 Å². The smallest absolute Gasteiger partial charge is 0.136 e. The topological polar surface area (TPSA) is 21.7 Å². The van der Waals surface area contributed by atoms with Gasteiger partial charge in [-0.1, -0.05) is 24.3 Å². The van der Waals surface area contributed by atoms with Gasteiger partial charge in [0, 0.05) is 31.3 Å². The summed E-state index contributed by atoms with van der Waals surface area (Å²) in [5, 5.41) is 0. The van der Waals surface area contributed by atoms with E-state index in [1.54, 1.807) is 14.2 Å². The summed E-state index contributed by atoms with van der Waals surface area (Å²) in [6.45, 7) is 2.94. The molecular weight excluding hydrogens is 378 g/mol. The fraction of sp³-hybridized carbons (Fsp3) is 0.333. The Morgan fingerprint density at radius 1 is 1.04 bits per heavy atom. The van der Waals surface area contributed by atoms with Crippen molar-refractivity contribution >= 4 is 28.3 Å². The lowest BCUT2D eigenvalue weighted by molar-refractivity contribution is 0.241. The second-order valence-corrected chi connectivity index (χ2v) is 6.38. The van der Waals surface area contributed by atoms with Crippen LogP contribution in [-0.2, 0) is 19.5 Å². The molecule has 5 heteroatoms. The minimum Gasteiger partial charge on any atom is -0.496 e. The summed E-state index contributed by atoms with van der Waals surface area (Å²) in [6, 6.07) is 12.7. The van der Waals surface area contributed by atoms with Crippen molar-refractivity contribution in [2.24, 2.45) is 0 Å². The van der Waals surface area contributed by atoms with Crippen molar-refractivity contribution < 1.29 is 9.47 Å². The predicted molar refractivity (Wildman–Crippen MR) is 98.8 cm³/mol. The number of rotatable bonds is 4. The minimum absolute atomic E-state index is 0. The first-order valence-electron chi connectivity index (χ1n) is 7.41. The van der Waals surface area contributed by atoms with Crippen LogP contribution in [0.2, 0.25) is 0 Å². The number of halogens is 2. The lowest BCUT2D eigenvalue weighted by Gasteiger charge is -2.29. The molecule has 2 aromatic carbocycles. The summed E-state index contributed by atoms with van der Waals surface area (Å²) < 4.78 is 11.8. The Hall–Kier alpha value is -1.23. The van der Waals surface area contributed by atoms with Crippen LogP contribution in [-0.4, -0.2) is 25.7 Å². The van der Waals surface area contributed by atoms with Gasteiger partial charge in [-0.2, -0.15) is 0 Å². The molecule has 1 heterocycles. The number of hydrogen-bond donors (Lipinski definition) is 0. The van der Waals surface area contributed by atoms with Crippen molar-refractivity contribution in [2.45, 2.75) is 19.5 Å². The Bertz CT molecular complexity index is 678. The number of ether oxygens (including phenoxy) is 2. The highest BCUT2D eigenvalue weighted by Gasteiger charge is 2.18. The van der Waals surface area contributed by atoms with E-state index in [0.29, 0.717) is 0 Å². The zero-order valence-electron chi connectivity index (χ0n) is 13.3. The van der Waals surface area contributed by atoms with E-state index in [0.717, 1.165) is 42.0 Å². The Kier molecular flexibility index (Phi) is 6.33. The second-order valence-electron chi connectivity index (χ2n) is 5.53. The molecule has 124 valence electrons. The third kappa shape index (κ3) is 4.00. The maximum atomic E-state index is 5.53. The van der Waals surface area contributed by atoms with Crippen molar-refractivity contribution in [3.05, 3.63) is 57.6 Å². The SMILES string of the molecule is COc1cc(OC)c(CN2CCc3ccccc3C2)cc1Br.Cl. The number of methoxy groups -OCH3 is 2. The molecule has 1 aliphatic heterocycles. The third-order valence-electron chi connectivity index (χ3n) is 4.16. The molecule has 0 aromatic heterocycles. The standard InChI is InChI=1S/C18H20BrNO2.ClH/c1-21-17-10-18(22-2)16(19)9-15(17)12-20-8-7-13-5-3-4-6-14(13)11-20;/h3-6,9-10H,7-8,11-12H2,1-2H3;1H. The Morgan fingerprint density at radius 2 is 1.74 bits per heavy atom. The molecule has 0 N–H and O–H groups in total. The van der Waals surface area contributed by atoms with E-state index in [4.69, 9.17) is 9.47 Å². The van der Waals surface area contributed by atoms with E-state index in [2.05, 4.69) is 51.2 Å². The van der Waals surface area contributed by atoms with Crippen LogP contribution in [0.25, 0.3) is 0 Å². The van der Waals surface area contributed by atoms with Crippen molar-refractivity contribution in [3.63, 3.8) is 0 Å². The zero-order chi connectivity index (χ0) is 15.5. The van der Waals surface area contributed by atoms with Crippen LogP contribution in [0.5, 0.6) is 11.5 Å². The molecular formula is C18H21BrClNO2. The molecule has 2 aromatic rings. The highest BCUT2D eigenvalue weighted by atomic mass is 79.9. The van der Waals surface area contributed by atoms with Gasteiger partial charge in [-0.05, 0) is 39.5 Å². The van der Waals surface area contributed by atoms with Crippen molar-refractivity contribution in [1.82, 2.24) is 4.90 Å². The van der Waals surface area contributed by atoms with E-state index in [9.17, 15) is 0 Å². The molecule has 23 heavy (non-hydrogen) atoms. The summed E-state index contributed by atoms with van der Waals surface area (Å²) in [4.78, 5) is 2.46. The van der Waals surface area contributed by atoms with E-state index < -0.39 is 0 Å². The van der Waals surface area contributed by atoms with Crippen LogP contribution in [0.3, 0.4) is 0 Å². The fourth-order valence-corrected chi connectivity index (χ4v) is 3.53. The molecule has 0 spiro atoms. The molecule has 0 fully saturated rings. The normalized spacial score (nSPS) is 13.9. The molecule has 0 atom stereocenters. The van der Waals surface area contributed by atoms with Crippen molar-refractivity contribution in [1.29, 1.82) is 0 Å².